The van der Waals surface area contributed by atoms with E-state index in [0.29, 0.717) is 6.42 Å². The van der Waals surface area contributed by atoms with Crippen molar-refractivity contribution in [2.75, 3.05) is 0 Å². The highest BCUT2D eigenvalue weighted by molar-refractivity contribution is 5.99. The van der Waals surface area contributed by atoms with E-state index in [2.05, 4.69) is 0 Å². The second kappa shape index (κ2) is 4.57. The molecule has 92 valence electrons. The van der Waals surface area contributed by atoms with Gasteiger partial charge in [0.2, 0.25) is 0 Å². The lowest BCUT2D eigenvalue weighted by Gasteiger charge is -2.12. The maximum atomic E-state index is 13.9. The number of nitrogens with two attached hydrogens (primary N) is 1. The van der Waals surface area contributed by atoms with Crippen LogP contribution in [0.3, 0.4) is 0 Å². The molecule has 3 heteroatoms. The number of carbonyl (C=O) groups excluding carboxylic acids is 1. The lowest BCUT2D eigenvalue weighted by atomic mass is 9.92. The first-order chi connectivity index (χ1) is 7.99. The first kappa shape index (κ1) is 12.2. The van der Waals surface area contributed by atoms with E-state index in [1.54, 1.807) is 6.92 Å². The largest absolute Gasteiger partial charge is 0.328 e. The Kier molecular flexibility index (Phi) is 3.29. The van der Waals surface area contributed by atoms with Gasteiger partial charge in [0.25, 0.3) is 0 Å². The minimum Gasteiger partial charge on any atom is -0.328 e. The third-order valence-electron chi connectivity index (χ3n) is 3.52. The molecule has 0 bridgehead atoms. The topological polar surface area (TPSA) is 43.1 Å². The molecule has 2 nitrogen and oxygen atoms in total. The van der Waals surface area contributed by atoms with Crippen molar-refractivity contribution >= 4 is 5.78 Å². The summed E-state index contributed by atoms with van der Waals surface area (Å²) in [6, 6.07) is 3.37. The van der Waals surface area contributed by atoms with Gasteiger partial charge in [0.15, 0.2) is 5.78 Å². The summed E-state index contributed by atoms with van der Waals surface area (Å²) in [5, 5.41) is 0. The van der Waals surface area contributed by atoms with Crippen molar-refractivity contribution in [2.45, 2.75) is 39.2 Å². The van der Waals surface area contributed by atoms with Gasteiger partial charge in [-0.2, -0.15) is 0 Å². The average Bonchev–Trinajstić information content (AvgIpc) is 2.63. The number of hydrogen-bond acceptors (Lipinski definition) is 2. The van der Waals surface area contributed by atoms with Gasteiger partial charge >= 0.3 is 0 Å². The molecule has 0 amide bonds. The number of ketones is 1. The lowest BCUT2D eigenvalue weighted by Crippen LogP contribution is -2.19. The monoisotopic (exact) mass is 235 g/mol. The molecule has 0 spiro atoms. The van der Waals surface area contributed by atoms with Gasteiger partial charge in [0.05, 0.1) is 5.56 Å². The molecule has 1 aromatic carbocycles. The highest BCUT2D eigenvalue weighted by Crippen LogP contribution is 2.29. The maximum absolute atomic E-state index is 13.9. The molecule has 2 atom stereocenters. The average molecular weight is 235 g/mol. The molecule has 2 rings (SSSR count). The van der Waals surface area contributed by atoms with Crippen LogP contribution in [0.4, 0.5) is 4.39 Å². The summed E-state index contributed by atoms with van der Waals surface area (Å²) in [4.78, 5) is 12.2. The molecule has 0 aromatic heterocycles. The van der Waals surface area contributed by atoms with Gasteiger partial charge in [-0.1, -0.05) is 6.07 Å². The number of Topliss-reactive ketones (excluding diaryl/α,β-unsaturated/α-hetero) is 1. The van der Waals surface area contributed by atoms with Crippen LogP contribution in [0.5, 0.6) is 0 Å². The fourth-order valence-electron chi connectivity index (χ4n) is 2.69. The van der Waals surface area contributed by atoms with Crippen molar-refractivity contribution < 1.29 is 9.18 Å². The number of carbonyl (C=O) groups is 1. The zero-order valence-electron chi connectivity index (χ0n) is 10.3. The van der Waals surface area contributed by atoms with Gasteiger partial charge in [-0.15, -0.1) is 0 Å². The molecule has 1 aliphatic carbocycles. The van der Waals surface area contributed by atoms with E-state index >= 15 is 0 Å². The number of hydrogen-bond donors (Lipinski definition) is 1. The smallest absolute Gasteiger partial charge is 0.169 e. The Morgan fingerprint density at radius 3 is 2.59 bits per heavy atom. The quantitative estimate of drug-likeness (QED) is 0.801. The van der Waals surface area contributed by atoms with Gasteiger partial charge < -0.3 is 5.73 Å². The van der Waals surface area contributed by atoms with Crippen LogP contribution in [0.1, 0.15) is 40.7 Å². The molecular weight excluding hydrogens is 217 g/mol. The summed E-state index contributed by atoms with van der Waals surface area (Å²) in [6.45, 7) is 3.62. The SMILES string of the molecule is Cc1cc(C)c(C(=O)C2CCC(N)C2)c(F)c1. The summed E-state index contributed by atoms with van der Waals surface area (Å²) < 4.78 is 13.9. The Bertz CT molecular complexity index is 433. The molecule has 0 heterocycles. The van der Waals surface area contributed by atoms with Crippen molar-refractivity contribution in [3.05, 3.63) is 34.6 Å². The van der Waals surface area contributed by atoms with E-state index in [9.17, 15) is 9.18 Å². The molecule has 2 N–H and O–H groups in total. The van der Waals surface area contributed by atoms with Crippen molar-refractivity contribution in [2.24, 2.45) is 11.7 Å². The number of aryl methyl sites for hydroxylation is 2. The van der Waals surface area contributed by atoms with Crippen LogP contribution < -0.4 is 5.73 Å². The second-order valence-electron chi connectivity index (χ2n) is 5.07. The van der Waals surface area contributed by atoms with Gasteiger partial charge in [-0.3, -0.25) is 4.79 Å². The van der Waals surface area contributed by atoms with Crippen LogP contribution in [0.2, 0.25) is 0 Å². The van der Waals surface area contributed by atoms with Crippen LogP contribution in [-0.2, 0) is 0 Å². The first-order valence-corrected chi connectivity index (χ1v) is 6.05. The molecular formula is C14H18FNO. The van der Waals surface area contributed by atoms with Gasteiger partial charge in [0, 0.05) is 12.0 Å². The van der Waals surface area contributed by atoms with E-state index in [0.717, 1.165) is 24.0 Å². The van der Waals surface area contributed by atoms with E-state index in [4.69, 9.17) is 5.73 Å². The number of benzene rings is 1. The molecule has 1 fully saturated rings. The summed E-state index contributed by atoms with van der Waals surface area (Å²) in [7, 11) is 0. The van der Waals surface area contributed by atoms with Crippen LogP contribution in [0, 0.1) is 25.6 Å². The van der Waals surface area contributed by atoms with Gasteiger partial charge in [-0.25, -0.2) is 4.39 Å². The van der Waals surface area contributed by atoms with Crippen molar-refractivity contribution in [3.8, 4) is 0 Å². The minimum absolute atomic E-state index is 0.0760. The minimum atomic E-state index is -0.395. The fourth-order valence-corrected chi connectivity index (χ4v) is 2.69. The predicted molar refractivity (Wildman–Crippen MR) is 65.5 cm³/mol. The third kappa shape index (κ3) is 2.39. The Balaban J connectivity index is 2.31. The second-order valence-corrected chi connectivity index (χ2v) is 5.07. The third-order valence-corrected chi connectivity index (χ3v) is 3.52. The maximum Gasteiger partial charge on any atom is 0.169 e. The van der Waals surface area contributed by atoms with Gasteiger partial charge in [0.1, 0.15) is 5.82 Å². The van der Waals surface area contributed by atoms with E-state index in [1.807, 2.05) is 13.0 Å². The van der Waals surface area contributed by atoms with Crippen LogP contribution >= 0.6 is 0 Å². The highest BCUT2D eigenvalue weighted by Gasteiger charge is 2.30. The number of halogens is 1. The van der Waals surface area contributed by atoms with Crippen molar-refractivity contribution in [1.29, 1.82) is 0 Å². The summed E-state index contributed by atoms with van der Waals surface area (Å²) >= 11 is 0. The molecule has 0 saturated heterocycles. The standard InChI is InChI=1S/C14H18FNO/c1-8-5-9(2)13(12(15)6-8)14(17)10-3-4-11(16)7-10/h5-6,10-11H,3-4,7,16H2,1-2H3. The molecule has 1 saturated carbocycles. The van der Waals surface area contributed by atoms with Crippen LogP contribution in [0.15, 0.2) is 12.1 Å². The normalized spacial score (nSPS) is 24.0. The van der Waals surface area contributed by atoms with E-state index < -0.39 is 5.82 Å². The zero-order valence-corrected chi connectivity index (χ0v) is 10.3. The molecule has 0 radical (unpaired) electrons. The Labute approximate surface area is 101 Å². The summed E-state index contributed by atoms with van der Waals surface area (Å²) in [6.07, 6.45) is 2.33. The van der Waals surface area contributed by atoms with Crippen LogP contribution in [0.25, 0.3) is 0 Å². The van der Waals surface area contributed by atoms with Crippen molar-refractivity contribution in [3.63, 3.8) is 0 Å². The predicted octanol–water partition coefficient (Wildman–Crippen LogP) is 2.75. The Morgan fingerprint density at radius 1 is 1.35 bits per heavy atom. The lowest BCUT2D eigenvalue weighted by molar-refractivity contribution is 0.0917. The Hall–Kier alpha value is -1.22. The molecule has 1 aromatic rings. The summed E-state index contributed by atoms with van der Waals surface area (Å²) in [5.74, 6) is -0.568. The molecule has 1 aliphatic rings. The van der Waals surface area contributed by atoms with E-state index in [1.165, 1.54) is 6.07 Å². The van der Waals surface area contributed by atoms with E-state index in [-0.39, 0.29) is 23.3 Å². The summed E-state index contributed by atoms with van der Waals surface area (Å²) in [5.41, 5.74) is 7.63. The van der Waals surface area contributed by atoms with Crippen molar-refractivity contribution in [1.82, 2.24) is 0 Å². The molecule has 0 aliphatic heterocycles. The Morgan fingerprint density at radius 2 is 2.06 bits per heavy atom. The van der Waals surface area contributed by atoms with Crippen LogP contribution in [-0.4, -0.2) is 11.8 Å². The number of rotatable bonds is 2. The van der Waals surface area contributed by atoms with Gasteiger partial charge in [-0.05, 0) is 50.3 Å². The highest BCUT2D eigenvalue weighted by atomic mass is 19.1. The molecule has 17 heavy (non-hydrogen) atoms. The molecule has 2 unspecified atom stereocenters. The first-order valence-electron chi connectivity index (χ1n) is 6.05. The zero-order chi connectivity index (χ0) is 12.6. The fraction of sp³-hybridized carbons (Fsp3) is 0.500.